The van der Waals surface area contributed by atoms with Gasteiger partial charge in [0.1, 0.15) is 5.75 Å². The van der Waals surface area contributed by atoms with Gasteiger partial charge in [0, 0.05) is 18.7 Å². The van der Waals surface area contributed by atoms with Gasteiger partial charge in [-0.1, -0.05) is 47.6 Å². The number of likely N-dealkylation sites (tertiary alicyclic amines) is 1. The summed E-state index contributed by atoms with van der Waals surface area (Å²) >= 11 is 0. The highest BCUT2D eigenvalue weighted by molar-refractivity contribution is 5.53. The van der Waals surface area contributed by atoms with E-state index in [0.29, 0.717) is 31.2 Å². The summed E-state index contributed by atoms with van der Waals surface area (Å²) in [7, 11) is 1.65. The smallest absolute Gasteiger partial charge is 0.244 e. The van der Waals surface area contributed by atoms with Crippen LogP contribution in [0.25, 0.3) is 11.4 Å². The van der Waals surface area contributed by atoms with Crippen molar-refractivity contribution in [2.24, 2.45) is 0 Å². The molecule has 4 rings (SSSR count). The lowest BCUT2D eigenvalue weighted by Gasteiger charge is -2.21. The van der Waals surface area contributed by atoms with Gasteiger partial charge in [-0.05, 0) is 24.1 Å². The molecule has 2 heterocycles. The maximum absolute atomic E-state index is 10.2. The predicted octanol–water partition coefficient (Wildman–Crippen LogP) is 3.05. The van der Waals surface area contributed by atoms with E-state index in [-0.39, 0.29) is 6.04 Å². The van der Waals surface area contributed by atoms with Crippen LogP contribution in [0.3, 0.4) is 0 Å². The third-order valence-corrected chi connectivity index (χ3v) is 4.68. The van der Waals surface area contributed by atoms with Crippen LogP contribution in [0.15, 0.2) is 59.1 Å². The van der Waals surface area contributed by atoms with Gasteiger partial charge in [0.05, 0.1) is 19.3 Å². The molecule has 2 atom stereocenters. The van der Waals surface area contributed by atoms with Crippen LogP contribution in [0.2, 0.25) is 0 Å². The van der Waals surface area contributed by atoms with E-state index in [0.717, 1.165) is 16.9 Å². The number of aliphatic hydroxyl groups is 1. The van der Waals surface area contributed by atoms with E-state index in [1.54, 1.807) is 7.11 Å². The Labute approximate surface area is 152 Å². The fourth-order valence-electron chi connectivity index (χ4n) is 3.35. The van der Waals surface area contributed by atoms with Crippen LogP contribution in [-0.4, -0.2) is 39.9 Å². The summed E-state index contributed by atoms with van der Waals surface area (Å²) in [5.74, 6) is 1.96. The first kappa shape index (κ1) is 16.8. The third kappa shape index (κ3) is 3.47. The van der Waals surface area contributed by atoms with Crippen LogP contribution >= 0.6 is 0 Å². The first-order valence-electron chi connectivity index (χ1n) is 8.67. The molecule has 0 bridgehead atoms. The van der Waals surface area contributed by atoms with Gasteiger partial charge in [-0.2, -0.15) is 4.98 Å². The highest BCUT2D eigenvalue weighted by atomic mass is 16.5. The predicted molar refractivity (Wildman–Crippen MR) is 96.5 cm³/mol. The summed E-state index contributed by atoms with van der Waals surface area (Å²) < 4.78 is 10.7. The van der Waals surface area contributed by atoms with Crippen molar-refractivity contribution in [3.05, 3.63) is 66.1 Å². The quantitative estimate of drug-likeness (QED) is 0.762. The minimum absolute atomic E-state index is 0.0861. The molecule has 0 aliphatic carbocycles. The van der Waals surface area contributed by atoms with Crippen molar-refractivity contribution >= 4 is 0 Å². The molecule has 134 valence electrons. The maximum atomic E-state index is 10.2. The first-order valence-corrected chi connectivity index (χ1v) is 8.67. The zero-order chi connectivity index (χ0) is 17.9. The summed E-state index contributed by atoms with van der Waals surface area (Å²) in [6, 6.07) is 17.6. The number of nitrogens with zero attached hydrogens (tertiary/aromatic N) is 3. The molecule has 2 aromatic carbocycles. The highest BCUT2D eigenvalue weighted by Crippen LogP contribution is 2.33. The Bertz CT molecular complexity index is 848. The number of methoxy groups -OCH3 is 1. The summed E-state index contributed by atoms with van der Waals surface area (Å²) in [6.07, 6.45) is 0.192. The lowest BCUT2D eigenvalue weighted by Crippen LogP contribution is -2.24. The van der Waals surface area contributed by atoms with Crippen molar-refractivity contribution in [2.45, 2.75) is 25.1 Å². The molecule has 1 N–H and O–H groups in total. The number of aromatic nitrogens is 2. The molecule has 1 aliphatic rings. The van der Waals surface area contributed by atoms with Gasteiger partial charge in [0.15, 0.2) is 0 Å². The van der Waals surface area contributed by atoms with E-state index >= 15 is 0 Å². The minimum atomic E-state index is -0.398. The van der Waals surface area contributed by atoms with Crippen LogP contribution in [0.5, 0.6) is 5.75 Å². The molecule has 0 unspecified atom stereocenters. The van der Waals surface area contributed by atoms with Crippen LogP contribution in [0.4, 0.5) is 0 Å². The van der Waals surface area contributed by atoms with Gasteiger partial charge >= 0.3 is 0 Å². The number of hydrogen-bond acceptors (Lipinski definition) is 6. The highest BCUT2D eigenvalue weighted by Gasteiger charge is 2.35. The van der Waals surface area contributed by atoms with Gasteiger partial charge in [0.25, 0.3) is 0 Å². The minimum Gasteiger partial charge on any atom is -0.497 e. The second kappa shape index (κ2) is 7.27. The van der Waals surface area contributed by atoms with E-state index in [4.69, 9.17) is 9.26 Å². The standard InChI is InChI=1S/C20H21N3O3/c1-25-17-9-7-14(8-10-17)12-23-13-16(24)11-18(23)20-21-19(22-26-20)15-5-3-2-4-6-15/h2-10,16,18,24H,11-13H2,1H3/t16-,18+/m1/s1. The number of rotatable bonds is 5. The average molecular weight is 351 g/mol. The lowest BCUT2D eigenvalue weighted by molar-refractivity contribution is 0.169. The van der Waals surface area contributed by atoms with Gasteiger partial charge < -0.3 is 14.4 Å². The molecule has 0 spiro atoms. The number of hydrogen-bond donors (Lipinski definition) is 1. The topological polar surface area (TPSA) is 71.6 Å². The van der Waals surface area contributed by atoms with Crippen molar-refractivity contribution in [2.75, 3.05) is 13.7 Å². The van der Waals surface area contributed by atoms with Crippen molar-refractivity contribution in [3.8, 4) is 17.1 Å². The summed E-state index contributed by atoms with van der Waals surface area (Å²) in [5, 5.41) is 14.3. The second-order valence-corrected chi connectivity index (χ2v) is 6.51. The Kier molecular flexibility index (Phi) is 4.69. The average Bonchev–Trinajstić information content (AvgIpc) is 3.30. The molecular formula is C20H21N3O3. The Balaban J connectivity index is 1.53. The van der Waals surface area contributed by atoms with Crippen molar-refractivity contribution < 1.29 is 14.4 Å². The summed E-state index contributed by atoms with van der Waals surface area (Å²) in [6.45, 7) is 1.29. The van der Waals surface area contributed by atoms with E-state index in [2.05, 4.69) is 15.0 Å². The van der Waals surface area contributed by atoms with Crippen LogP contribution in [-0.2, 0) is 6.54 Å². The van der Waals surface area contributed by atoms with Crippen LogP contribution in [0.1, 0.15) is 23.9 Å². The Morgan fingerprint density at radius 3 is 2.65 bits per heavy atom. The zero-order valence-corrected chi connectivity index (χ0v) is 14.6. The Hall–Kier alpha value is -2.70. The number of aliphatic hydroxyl groups excluding tert-OH is 1. The molecule has 1 aromatic heterocycles. The molecule has 1 fully saturated rings. The van der Waals surface area contributed by atoms with Gasteiger partial charge in [-0.25, -0.2) is 0 Å². The zero-order valence-electron chi connectivity index (χ0n) is 14.6. The normalized spacial score (nSPS) is 20.4. The molecule has 0 amide bonds. The van der Waals surface area contributed by atoms with Gasteiger partial charge in [-0.15, -0.1) is 0 Å². The second-order valence-electron chi connectivity index (χ2n) is 6.51. The van der Waals surface area contributed by atoms with Gasteiger partial charge in [0.2, 0.25) is 11.7 Å². The molecule has 6 nitrogen and oxygen atoms in total. The molecule has 1 aliphatic heterocycles. The molecule has 26 heavy (non-hydrogen) atoms. The molecular weight excluding hydrogens is 330 g/mol. The van der Waals surface area contributed by atoms with Crippen molar-refractivity contribution in [1.82, 2.24) is 15.0 Å². The molecule has 3 aromatic rings. The largest absolute Gasteiger partial charge is 0.497 e. The van der Waals surface area contributed by atoms with Crippen LogP contribution in [0, 0.1) is 0 Å². The SMILES string of the molecule is COc1ccc(CN2C[C@H](O)C[C@H]2c2nc(-c3ccccc3)no2)cc1. The molecule has 1 saturated heterocycles. The number of benzene rings is 2. The summed E-state index contributed by atoms with van der Waals surface area (Å²) in [5.41, 5.74) is 2.07. The fourth-order valence-corrected chi connectivity index (χ4v) is 3.35. The molecule has 0 radical (unpaired) electrons. The van der Waals surface area contributed by atoms with Gasteiger partial charge in [-0.3, -0.25) is 4.90 Å². The molecule has 6 heteroatoms. The number of ether oxygens (including phenoxy) is 1. The van der Waals surface area contributed by atoms with Crippen molar-refractivity contribution in [1.29, 1.82) is 0 Å². The number of β-amino-alcohol motifs (C(OH)–C–C–N with tert-alkyl or cyclic N) is 1. The Morgan fingerprint density at radius 2 is 1.92 bits per heavy atom. The maximum Gasteiger partial charge on any atom is 0.244 e. The monoisotopic (exact) mass is 351 g/mol. The Morgan fingerprint density at radius 1 is 1.15 bits per heavy atom. The molecule has 0 saturated carbocycles. The van der Waals surface area contributed by atoms with E-state index in [1.165, 1.54) is 0 Å². The van der Waals surface area contributed by atoms with Crippen molar-refractivity contribution in [3.63, 3.8) is 0 Å². The van der Waals surface area contributed by atoms with E-state index in [1.807, 2.05) is 54.6 Å². The third-order valence-electron chi connectivity index (χ3n) is 4.68. The lowest BCUT2D eigenvalue weighted by atomic mass is 10.1. The van der Waals surface area contributed by atoms with E-state index in [9.17, 15) is 5.11 Å². The fraction of sp³-hybridized carbons (Fsp3) is 0.300. The summed E-state index contributed by atoms with van der Waals surface area (Å²) in [4.78, 5) is 6.74. The first-order chi connectivity index (χ1) is 12.7. The van der Waals surface area contributed by atoms with Crippen LogP contribution < -0.4 is 4.74 Å². The van der Waals surface area contributed by atoms with E-state index < -0.39 is 6.10 Å².